The minimum Gasteiger partial charge on any atom is -0.441 e. The lowest BCUT2D eigenvalue weighted by molar-refractivity contribution is -0.146. The van der Waals surface area contributed by atoms with Gasteiger partial charge in [-0.15, -0.1) is 0 Å². The maximum Gasteiger partial charge on any atom is 0.238 e. The molecule has 1 amide bonds. The predicted octanol–water partition coefficient (Wildman–Crippen LogP) is 2.90. The van der Waals surface area contributed by atoms with E-state index in [2.05, 4.69) is 10.3 Å². The lowest BCUT2D eigenvalue weighted by atomic mass is 9.74. The number of ether oxygens (including phenoxy) is 2. The van der Waals surface area contributed by atoms with Crippen molar-refractivity contribution in [3.8, 4) is 0 Å². The number of carbonyl (C=O) groups is 2. The second-order valence-electron chi connectivity index (χ2n) is 10.6. The number of aliphatic hydroxyl groups is 2. The van der Waals surface area contributed by atoms with Gasteiger partial charge in [-0.2, -0.15) is 0 Å². The minimum absolute atomic E-state index is 0.0145. The van der Waals surface area contributed by atoms with Crippen molar-refractivity contribution >= 4 is 22.8 Å². The molecule has 2 fully saturated rings. The van der Waals surface area contributed by atoms with Gasteiger partial charge in [-0.1, -0.05) is 26.8 Å². The molecule has 0 unspecified atom stereocenters. The number of rotatable bonds is 1. The van der Waals surface area contributed by atoms with Crippen molar-refractivity contribution in [1.82, 2.24) is 10.3 Å². The molecule has 7 atom stereocenters. The van der Waals surface area contributed by atoms with Crippen molar-refractivity contribution in [2.45, 2.75) is 90.2 Å². The van der Waals surface area contributed by atoms with Gasteiger partial charge in [0, 0.05) is 25.7 Å². The van der Waals surface area contributed by atoms with Crippen molar-refractivity contribution in [1.29, 1.82) is 0 Å². The molecule has 2 aliphatic heterocycles. The van der Waals surface area contributed by atoms with Gasteiger partial charge in [-0.05, 0) is 24.6 Å². The van der Waals surface area contributed by atoms with Crippen molar-refractivity contribution in [3.63, 3.8) is 0 Å². The maximum atomic E-state index is 15.2. The fraction of sp³-hybridized carbons (Fsp3) is 0.654. The quantitative estimate of drug-likeness (QED) is 0.503. The number of fused-ring (bicyclic) bond motifs is 2. The molecule has 36 heavy (non-hydrogen) atoms. The Morgan fingerprint density at radius 3 is 2.64 bits per heavy atom. The zero-order chi connectivity index (χ0) is 26.4. The SMILES string of the molecule is Cc1nc2cc([C@@H]3C[C@@H]4O[C@]4(F)CCO[C@@H](C)[C@@H](O)[C@@H](C)C(=O)C(C)(C)[C@@H](O)CC(=O)N3)ccc2o1. The fourth-order valence-corrected chi connectivity index (χ4v) is 4.89. The van der Waals surface area contributed by atoms with Crippen LogP contribution in [0.1, 0.15) is 64.5 Å². The number of alkyl halides is 1. The van der Waals surface area contributed by atoms with Crippen molar-refractivity contribution < 1.29 is 38.1 Å². The fourth-order valence-electron chi connectivity index (χ4n) is 4.89. The molecular formula is C26H35FN2O7. The average molecular weight is 507 g/mol. The third-order valence-corrected chi connectivity index (χ3v) is 7.55. The first-order valence-electron chi connectivity index (χ1n) is 12.4. The largest absolute Gasteiger partial charge is 0.441 e. The van der Waals surface area contributed by atoms with Crippen LogP contribution in [-0.4, -0.2) is 63.8 Å². The van der Waals surface area contributed by atoms with Gasteiger partial charge in [0.1, 0.15) is 17.4 Å². The van der Waals surface area contributed by atoms with E-state index in [4.69, 9.17) is 13.9 Å². The molecule has 2 saturated heterocycles. The molecule has 0 aliphatic carbocycles. The van der Waals surface area contributed by atoms with Crippen molar-refractivity contribution in [2.24, 2.45) is 11.3 Å². The Morgan fingerprint density at radius 2 is 1.92 bits per heavy atom. The highest BCUT2D eigenvalue weighted by molar-refractivity contribution is 5.88. The first kappa shape index (κ1) is 26.7. The molecule has 2 aliphatic rings. The molecule has 0 saturated carbocycles. The second kappa shape index (κ2) is 9.81. The Kier molecular flexibility index (Phi) is 7.27. The molecule has 0 bridgehead atoms. The zero-order valence-electron chi connectivity index (χ0n) is 21.3. The minimum atomic E-state index is -1.91. The smallest absolute Gasteiger partial charge is 0.238 e. The van der Waals surface area contributed by atoms with Crippen LogP contribution in [0.2, 0.25) is 0 Å². The van der Waals surface area contributed by atoms with E-state index >= 15 is 4.39 Å². The van der Waals surface area contributed by atoms with Crippen LogP contribution < -0.4 is 5.32 Å². The standard InChI is InChI=1S/C26H35FN2O7/c1-13-23(32)14(2)34-9-8-26(27)21(36-26)11-17(16-6-7-19-18(10-16)28-15(3)35-19)29-22(31)12-20(30)25(4,5)24(13)33/h6-7,10,13-14,17,20-21,23,30,32H,8-9,11-12H2,1-5H3,(H,29,31)/t13-,14+,17+,20+,21+,23+,26-/m1/s1. The summed E-state index contributed by atoms with van der Waals surface area (Å²) in [5.74, 6) is -3.17. The summed E-state index contributed by atoms with van der Waals surface area (Å²) < 4.78 is 31.8. The normalized spacial score (nSPS) is 36.3. The van der Waals surface area contributed by atoms with E-state index in [0.29, 0.717) is 22.6 Å². The van der Waals surface area contributed by atoms with E-state index in [1.54, 1.807) is 52.8 Å². The summed E-state index contributed by atoms with van der Waals surface area (Å²) in [7, 11) is 0. The van der Waals surface area contributed by atoms with Crippen LogP contribution >= 0.6 is 0 Å². The van der Waals surface area contributed by atoms with Crippen LogP contribution in [0.5, 0.6) is 0 Å². The number of oxazole rings is 1. The molecule has 9 nitrogen and oxygen atoms in total. The van der Waals surface area contributed by atoms with E-state index in [0.717, 1.165) is 0 Å². The van der Waals surface area contributed by atoms with Gasteiger partial charge < -0.3 is 29.4 Å². The summed E-state index contributed by atoms with van der Waals surface area (Å²) in [6.07, 6.45) is -4.21. The molecular weight excluding hydrogens is 471 g/mol. The highest BCUT2D eigenvalue weighted by Crippen LogP contribution is 2.46. The van der Waals surface area contributed by atoms with E-state index in [1.807, 2.05) is 0 Å². The summed E-state index contributed by atoms with van der Waals surface area (Å²) in [5.41, 5.74) is 0.594. The molecule has 1 aromatic carbocycles. The van der Waals surface area contributed by atoms with Crippen LogP contribution in [0.15, 0.2) is 22.6 Å². The Hall–Kier alpha value is -2.40. The first-order valence-corrected chi connectivity index (χ1v) is 12.4. The monoisotopic (exact) mass is 506 g/mol. The summed E-state index contributed by atoms with van der Waals surface area (Å²) in [6, 6.07) is 4.66. The van der Waals surface area contributed by atoms with Crippen LogP contribution in [0.4, 0.5) is 4.39 Å². The molecule has 3 N–H and O–H groups in total. The average Bonchev–Trinajstić information content (AvgIpc) is 3.28. The van der Waals surface area contributed by atoms with E-state index < -0.39 is 59.3 Å². The Labute approximate surface area is 209 Å². The molecule has 0 spiro atoms. The number of aromatic nitrogens is 1. The molecule has 10 heteroatoms. The summed E-state index contributed by atoms with van der Waals surface area (Å²) in [6.45, 7) is 8.00. The zero-order valence-corrected chi connectivity index (χ0v) is 21.3. The summed E-state index contributed by atoms with van der Waals surface area (Å²) >= 11 is 0. The molecule has 0 radical (unpaired) electrons. The molecule has 4 rings (SSSR count). The number of hydrogen-bond donors (Lipinski definition) is 3. The van der Waals surface area contributed by atoms with E-state index in [-0.39, 0.29) is 25.9 Å². The number of amides is 1. The first-order chi connectivity index (χ1) is 16.8. The number of benzene rings is 1. The lowest BCUT2D eigenvalue weighted by Gasteiger charge is -2.34. The number of carbonyl (C=O) groups excluding carboxylic acids is 2. The highest BCUT2D eigenvalue weighted by Gasteiger charge is 2.58. The second-order valence-corrected chi connectivity index (χ2v) is 10.6. The Morgan fingerprint density at radius 1 is 1.19 bits per heavy atom. The molecule has 1 aromatic heterocycles. The van der Waals surface area contributed by atoms with Gasteiger partial charge in [-0.25, -0.2) is 9.37 Å². The van der Waals surface area contributed by atoms with Crippen LogP contribution in [0.25, 0.3) is 11.1 Å². The third-order valence-electron chi connectivity index (χ3n) is 7.55. The number of epoxide rings is 1. The maximum absolute atomic E-state index is 15.2. The van der Waals surface area contributed by atoms with E-state index in [9.17, 15) is 19.8 Å². The van der Waals surface area contributed by atoms with Gasteiger partial charge in [0.15, 0.2) is 11.5 Å². The van der Waals surface area contributed by atoms with Gasteiger partial charge in [-0.3, -0.25) is 9.59 Å². The number of Topliss-reactive ketones (excluding diaryl/α,β-unsaturated/α-hetero) is 1. The Bertz CT molecular complexity index is 1130. The summed E-state index contributed by atoms with van der Waals surface area (Å²) in [4.78, 5) is 30.5. The summed E-state index contributed by atoms with van der Waals surface area (Å²) in [5, 5.41) is 24.4. The number of aryl methyl sites for hydroxylation is 1. The van der Waals surface area contributed by atoms with Crippen LogP contribution in [-0.2, 0) is 19.1 Å². The number of hydrogen-bond acceptors (Lipinski definition) is 8. The van der Waals surface area contributed by atoms with Crippen molar-refractivity contribution in [2.75, 3.05) is 6.61 Å². The highest BCUT2D eigenvalue weighted by atomic mass is 19.2. The van der Waals surface area contributed by atoms with Gasteiger partial charge >= 0.3 is 0 Å². The molecule has 198 valence electrons. The number of aliphatic hydroxyl groups excluding tert-OH is 2. The topological polar surface area (TPSA) is 134 Å². The molecule has 2 aromatic rings. The van der Waals surface area contributed by atoms with Gasteiger partial charge in [0.25, 0.3) is 0 Å². The number of ketones is 1. The lowest BCUT2D eigenvalue weighted by Crippen LogP contribution is -2.47. The number of halogens is 1. The van der Waals surface area contributed by atoms with Gasteiger partial charge in [0.05, 0.1) is 42.8 Å². The van der Waals surface area contributed by atoms with Crippen LogP contribution in [0, 0.1) is 18.3 Å². The predicted molar refractivity (Wildman–Crippen MR) is 128 cm³/mol. The van der Waals surface area contributed by atoms with Crippen LogP contribution in [0.3, 0.4) is 0 Å². The number of nitrogens with one attached hydrogen (secondary N) is 1. The Balaban J connectivity index is 1.61. The molecule has 3 heterocycles. The van der Waals surface area contributed by atoms with E-state index in [1.165, 1.54) is 0 Å². The van der Waals surface area contributed by atoms with Gasteiger partial charge in [0.2, 0.25) is 11.8 Å². The number of nitrogens with zero attached hydrogens (tertiary/aromatic N) is 1. The van der Waals surface area contributed by atoms with Crippen molar-refractivity contribution in [3.05, 3.63) is 29.7 Å². The third kappa shape index (κ3) is 5.32.